The average Bonchev–Trinajstić information content (AvgIpc) is 3.17. The van der Waals surface area contributed by atoms with Gasteiger partial charge in [0.2, 0.25) is 5.91 Å². The summed E-state index contributed by atoms with van der Waals surface area (Å²) in [5.41, 5.74) is 4.34. The van der Waals surface area contributed by atoms with Crippen molar-refractivity contribution in [3.8, 4) is 5.75 Å². The van der Waals surface area contributed by atoms with Crippen LogP contribution in [-0.2, 0) is 4.79 Å². The second kappa shape index (κ2) is 8.72. The first kappa shape index (κ1) is 19.6. The fourth-order valence-electron chi connectivity index (χ4n) is 3.69. The molecule has 4 rings (SSSR count). The van der Waals surface area contributed by atoms with Crippen LogP contribution in [0.3, 0.4) is 0 Å². The van der Waals surface area contributed by atoms with E-state index in [4.69, 9.17) is 16.3 Å². The van der Waals surface area contributed by atoms with Crippen LogP contribution in [0.4, 0.5) is 5.69 Å². The van der Waals surface area contributed by atoms with Crippen LogP contribution in [0, 0.1) is 0 Å². The van der Waals surface area contributed by atoms with E-state index in [1.54, 1.807) is 13.2 Å². The SMILES string of the molecule is COc1ccc2[nH]cc(C3=CCN(CCC(=O)Nc4ccccc4Cl)CC3)c2c1. The van der Waals surface area contributed by atoms with Gasteiger partial charge in [-0.1, -0.05) is 29.8 Å². The molecular weight excluding hydrogens is 386 g/mol. The van der Waals surface area contributed by atoms with E-state index in [0.29, 0.717) is 17.1 Å². The van der Waals surface area contributed by atoms with Crippen molar-refractivity contribution < 1.29 is 9.53 Å². The molecule has 2 heterocycles. The first-order chi connectivity index (χ1) is 14.1. The first-order valence-corrected chi connectivity index (χ1v) is 10.1. The molecule has 150 valence electrons. The molecule has 0 radical (unpaired) electrons. The second-order valence-electron chi connectivity index (χ2n) is 7.17. The van der Waals surface area contributed by atoms with Crippen LogP contribution in [0.5, 0.6) is 5.75 Å². The van der Waals surface area contributed by atoms with Crippen LogP contribution in [0.15, 0.2) is 54.7 Å². The predicted molar refractivity (Wildman–Crippen MR) is 119 cm³/mol. The van der Waals surface area contributed by atoms with Crippen molar-refractivity contribution in [1.29, 1.82) is 0 Å². The fraction of sp³-hybridized carbons (Fsp3) is 0.261. The van der Waals surface area contributed by atoms with E-state index in [9.17, 15) is 4.79 Å². The van der Waals surface area contributed by atoms with Gasteiger partial charge in [0, 0.05) is 48.7 Å². The molecule has 2 aromatic carbocycles. The summed E-state index contributed by atoms with van der Waals surface area (Å²) in [7, 11) is 1.69. The van der Waals surface area contributed by atoms with Gasteiger partial charge in [0.1, 0.15) is 5.75 Å². The van der Waals surface area contributed by atoms with Crippen molar-refractivity contribution in [2.75, 3.05) is 32.1 Å². The van der Waals surface area contributed by atoms with Gasteiger partial charge < -0.3 is 15.0 Å². The number of aromatic amines is 1. The monoisotopic (exact) mass is 409 g/mol. The maximum Gasteiger partial charge on any atom is 0.225 e. The summed E-state index contributed by atoms with van der Waals surface area (Å²) >= 11 is 6.10. The summed E-state index contributed by atoms with van der Waals surface area (Å²) in [4.78, 5) is 17.9. The summed E-state index contributed by atoms with van der Waals surface area (Å²) in [6, 6.07) is 13.4. The Balaban J connectivity index is 1.35. The summed E-state index contributed by atoms with van der Waals surface area (Å²) in [5, 5.41) is 4.62. The van der Waals surface area contributed by atoms with Crippen LogP contribution < -0.4 is 10.1 Å². The van der Waals surface area contributed by atoms with E-state index in [2.05, 4.69) is 33.5 Å². The van der Waals surface area contributed by atoms with E-state index >= 15 is 0 Å². The van der Waals surface area contributed by atoms with Crippen LogP contribution in [0.25, 0.3) is 16.5 Å². The number of benzene rings is 2. The topological polar surface area (TPSA) is 57.4 Å². The number of amides is 1. The highest BCUT2D eigenvalue weighted by Gasteiger charge is 2.17. The number of methoxy groups -OCH3 is 1. The van der Waals surface area contributed by atoms with Crippen molar-refractivity contribution >= 4 is 39.7 Å². The molecule has 0 saturated carbocycles. The molecule has 2 N–H and O–H groups in total. The van der Waals surface area contributed by atoms with Crippen LogP contribution in [-0.4, -0.2) is 42.5 Å². The number of hydrogen-bond acceptors (Lipinski definition) is 3. The van der Waals surface area contributed by atoms with Gasteiger partial charge in [-0.3, -0.25) is 9.69 Å². The molecule has 29 heavy (non-hydrogen) atoms. The van der Waals surface area contributed by atoms with Gasteiger partial charge in [-0.05, 0) is 42.3 Å². The number of para-hydroxylation sites is 1. The second-order valence-corrected chi connectivity index (χ2v) is 7.58. The Hall–Kier alpha value is -2.76. The molecule has 3 aromatic rings. The largest absolute Gasteiger partial charge is 0.497 e. The van der Waals surface area contributed by atoms with E-state index < -0.39 is 0 Å². The standard InChI is InChI=1S/C23H24ClN3O2/c1-29-17-6-7-21-18(14-17)19(15-25-21)16-8-11-27(12-9-16)13-10-23(28)26-22-5-3-2-4-20(22)24/h2-8,14-15,25H,9-13H2,1H3,(H,26,28). The molecule has 1 aromatic heterocycles. The molecule has 0 saturated heterocycles. The van der Waals surface area contributed by atoms with Gasteiger partial charge in [0.15, 0.2) is 0 Å². The summed E-state index contributed by atoms with van der Waals surface area (Å²) in [5.74, 6) is 0.845. The molecule has 0 bridgehead atoms. The first-order valence-electron chi connectivity index (χ1n) is 9.75. The number of nitrogens with zero attached hydrogens (tertiary/aromatic N) is 1. The van der Waals surface area contributed by atoms with Gasteiger partial charge in [0.05, 0.1) is 17.8 Å². The molecule has 0 spiro atoms. The minimum Gasteiger partial charge on any atom is -0.497 e. The zero-order valence-electron chi connectivity index (χ0n) is 16.4. The molecular formula is C23H24ClN3O2. The molecule has 1 aliphatic rings. The Morgan fingerprint density at radius 2 is 2.14 bits per heavy atom. The lowest BCUT2D eigenvalue weighted by atomic mass is 9.98. The van der Waals surface area contributed by atoms with Gasteiger partial charge >= 0.3 is 0 Å². The van der Waals surface area contributed by atoms with E-state index in [-0.39, 0.29) is 5.91 Å². The molecule has 6 heteroatoms. The summed E-state index contributed by atoms with van der Waals surface area (Å²) in [6.45, 7) is 2.50. The van der Waals surface area contributed by atoms with Crippen molar-refractivity contribution in [2.45, 2.75) is 12.8 Å². The third kappa shape index (κ3) is 4.47. The minimum atomic E-state index is -0.0170. The molecule has 1 amide bonds. The number of nitrogens with one attached hydrogen (secondary N) is 2. The molecule has 0 fully saturated rings. The predicted octanol–water partition coefficient (Wildman–Crippen LogP) is 4.95. The van der Waals surface area contributed by atoms with E-state index in [0.717, 1.165) is 37.3 Å². The molecule has 1 aliphatic heterocycles. The van der Waals surface area contributed by atoms with Crippen LogP contribution >= 0.6 is 11.6 Å². The Morgan fingerprint density at radius 3 is 2.90 bits per heavy atom. The summed E-state index contributed by atoms with van der Waals surface area (Å²) < 4.78 is 5.37. The Kier molecular flexibility index (Phi) is 5.88. The lowest BCUT2D eigenvalue weighted by molar-refractivity contribution is -0.116. The third-order valence-corrected chi connectivity index (χ3v) is 5.66. The molecule has 5 nitrogen and oxygen atoms in total. The van der Waals surface area contributed by atoms with Crippen molar-refractivity contribution in [2.24, 2.45) is 0 Å². The van der Waals surface area contributed by atoms with Crippen molar-refractivity contribution in [3.63, 3.8) is 0 Å². The Morgan fingerprint density at radius 1 is 1.28 bits per heavy atom. The van der Waals surface area contributed by atoms with E-state index in [1.165, 1.54) is 16.5 Å². The number of carbonyl (C=O) groups excluding carboxylic acids is 1. The number of carbonyl (C=O) groups is 1. The minimum absolute atomic E-state index is 0.0170. The lowest BCUT2D eigenvalue weighted by Gasteiger charge is -2.26. The maximum absolute atomic E-state index is 12.2. The Labute approximate surface area is 175 Å². The fourth-order valence-corrected chi connectivity index (χ4v) is 3.87. The maximum atomic E-state index is 12.2. The van der Waals surface area contributed by atoms with Crippen molar-refractivity contribution in [3.05, 3.63) is 65.3 Å². The molecule has 0 unspecified atom stereocenters. The van der Waals surface area contributed by atoms with Crippen LogP contribution in [0.1, 0.15) is 18.4 Å². The normalized spacial score (nSPS) is 14.6. The number of halogens is 1. The molecule has 0 atom stereocenters. The van der Waals surface area contributed by atoms with Crippen LogP contribution in [0.2, 0.25) is 5.02 Å². The average molecular weight is 410 g/mol. The zero-order chi connectivity index (χ0) is 20.2. The highest BCUT2D eigenvalue weighted by atomic mass is 35.5. The van der Waals surface area contributed by atoms with Gasteiger partial charge in [-0.2, -0.15) is 0 Å². The summed E-state index contributed by atoms with van der Waals surface area (Å²) in [6.07, 6.45) is 5.73. The van der Waals surface area contributed by atoms with E-state index in [1.807, 2.05) is 30.3 Å². The Bertz CT molecular complexity index is 1060. The van der Waals surface area contributed by atoms with Crippen molar-refractivity contribution in [1.82, 2.24) is 9.88 Å². The van der Waals surface area contributed by atoms with Gasteiger partial charge in [-0.15, -0.1) is 0 Å². The zero-order valence-corrected chi connectivity index (χ0v) is 17.1. The highest BCUT2D eigenvalue weighted by Crippen LogP contribution is 2.31. The number of rotatable bonds is 6. The number of aromatic nitrogens is 1. The van der Waals surface area contributed by atoms with Gasteiger partial charge in [-0.25, -0.2) is 0 Å². The third-order valence-electron chi connectivity index (χ3n) is 5.33. The quantitative estimate of drug-likeness (QED) is 0.605. The highest BCUT2D eigenvalue weighted by molar-refractivity contribution is 6.33. The smallest absolute Gasteiger partial charge is 0.225 e. The number of hydrogen-bond donors (Lipinski definition) is 2. The number of anilines is 1. The number of ether oxygens (including phenoxy) is 1. The molecule has 0 aliphatic carbocycles. The number of fused-ring (bicyclic) bond motifs is 1. The van der Waals surface area contributed by atoms with Gasteiger partial charge in [0.25, 0.3) is 0 Å². The lowest BCUT2D eigenvalue weighted by Crippen LogP contribution is -2.31. The number of H-pyrrole nitrogens is 1.